The lowest BCUT2D eigenvalue weighted by molar-refractivity contribution is -0.127. The van der Waals surface area contributed by atoms with E-state index in [1.54, 1.807) is 14.0 Å². The van der Waals surface area contributed by atoms with E-state index in [9.17, 15) is 4.79 Å². The standard InChI is InChI=1S/C16H26N2O3/c1-5-17-12(2)14-7-6-8-15(11-14)21-13(3)16(19)18-9-10-20-4/h6-8,11-13,17H,5,9-10H2,1-4H3,(H,18,19). The first-order valence-corrected chi connectivity index (χ1v) is 7.35. The number of hydrogen-bond acceptors (Lipinski definition) is 4. The Balaban J connectivity index is 2.57. The summed E-state index contributed by atoms with van der Waals surface area (Å²) in [5.41, 5.74) is 1.14. The minimum Gasteiger partial charge on any atom is -0.481 e. The molecule has 21 heavy (non-hydrogen) atoms. The molecule has 0 saturated carbocycles. The van der Waals surface area contributed by atoms with E-state index in [1.165, 1.54) is 0 Å². The normalized spacial score (nSPS) is 13.5. The van der Waals surface area contributed by atoms with Gasteiger partial charge >= 0.3 is 0 Å². The van der Waals surface area contributed by atoms with Gasteiger partial charge in [0.25, 0.3) is 5.91 Å². The van der Waals surface area contributed by atoms with Crippen molar-refractivity contribution in [3.8, 4) is 5.75 Å². The van der Waals surface area contributed by atoms with Crippen LogP contribution >= 0.6 is 0 Å². The second-order valence-electron chi connectivity index (χ2n) is 4.90. The number of ether oxygens (including phenoxy) is 2. The van der Waals surface area contributed by atoms with Crippen LogP contribution in [0.5, 0.6) is 5.75 Å². The fourth-order valence-electron chi connectivity index (χ4n) is 1.96. The van der Waals surface area contributed by atoms with E-state index < -0.39 is 6.10 Å². The Labute approximate surface area is 127 Å². The number of benzene rings is 1. The Morgan fingerprint density at radius 3 is 2.76 bits per heavy atom. The molecule has 0 fully saturated rings. The predicted molar refractivity (Wildman–Crippen MR) is 83.5 cm³/mol. The third kappa shape index (κ3) is 6.14. The predicted octanol–water partition coefficient (Wildman–Crippen LogP) is 1.89. The van der Waals surface area contributed by atoms with Gasteiger partial charge in [0.2, 0.25) is 0 Å². The van der Waals surface area contributed by atoms with E-state index in [0.717, 1.165) is 12.1 Å². The summed E-state index contributed by atoms with van der Waals surface area (Å²) in [7, 11) is 1.60. The van der Waals surface area contributed by atoms with Crippen LogP contribution < -0.4 is 15.4 Å². The number of carbonyl (C=O) groups excluding carboxylic acids is 1. The average molecular weight is 294 g/mol. The fourth-order valence-corrected chi connectivity index (χ4v) is 1.96. The maximum atomic E-state index is 11.8. The number of rotatable bonds is 9. The lowest BCUT2D eigenvalue weighted by atomic mass is 10.1. The minimum absolute atomic E-state index is 0.141. The molecule has 0 aliphatic rings. The molecule has 0 radical (unpaired) electrons. The molecule has 1 aromatic carbocycles. The van der Waals surface area contributed by atoms with Crippen molar-refractivity contribution in [2.24, 2.45) is 0 Å². The first-order chi connectivity index (χ1) is 10.1. The largest absolute Gasteiger partial charge is 0.481 e. The van der Waals surface area contributed by atoms with Crippen LogP contribution in [0, 0.1) is 0 Å². The minimum atomic E-state index is -0.536. The number of hydrogen-bond donors (Lipinski definition) is 2. The van der Waals surface area contributed by atoms with Crippen LogP contribution in [-0.2, 0) is 9.53 Å². The Morgan fingerprint density at radius 2 is 2.10 bits per heavy atom. The molecule has 5 heteroatoms. The molecule has 0 aliphatic heterocycles. The molecule has 1 rings (SSSR count). The third-order valence-electron chi connectivity index (χ3n) is 3.16. The number of carbonyl (C=O) groups is 1. The smallest absolute Gasteiger partial charge is 0.260 e. The first-order valence-electron chi connectivity index (χ1n) is 7.35. The van der Waals surface area contributed by atoms with E-state index in [0.29, 0.717) is 18.9 Å². The molecular weight excluding hydrogens is 268 g/mol. The van der Waals surface area contributed by atoms with Crippen LogP contribution in [0.25, 0.3) is 0 Å². The topological polar surface area (TPSA) is 59.6 Å². The van der Waals surface area contributed by atoms with E-state index in [2.05, 4.69) is 24.5 Å². The first kappa shape index (κ1) is 17.5. The zero-order valence-electron chi connectivity index (χ0n) is 13.3. The van der Waals surface area contributed by atoms with Crippen molar-refractivity contribution >= 4 is 5.91 Å². The fraction of sp³-hybridized carbons (Fsp3) is 0.562. The molecule has 0 spiro atoms. The molecule has 0 saturated heterocycles. The SMILES string of the molecule is CCNC(C)c1cccc(OC(C)C(=O)NCCOC)c1. The van der Waals surface area contributed by atoms with Gasteiger partial charge in [0.05, 0.1) is 6.61 Å². The van der Waals surface area contributed by atoms with Crippen molar-refractivity contribution in [1.82, 2.24) is 10.6 Å². The molecule has 2 unspecified atom stereocenters. The lowest BCUT2D eigenvalue weighted by Gasteiger charge is -2.17. The molecule has 2 atom stereocenters. The summed E-state index contributed by atoms with van der Waals surface area (Å²) in [4.78, 5) is 11.8. The highest BCUT2D eigenvalue weighted by Crippen LogP contribution is 2.20. The van der Waals surface area contributed by atoms with E-state index in [-0.39, 0.29) is 11.9 Å². The third-order valence-corrected chi connectivity index (χ3v) is 3.16. The summed E-state index contributed by atoms with van der Waals surface area (Å²) < 4.78 is 10.6. The van der Waals surface area contributed by atoms with Gasteiger partial charge in [0, 0.05) is 19.7 Å². The molecule has 5 nitrogen and oxygen atoms in total. The Bertz CT molecular complexity index is 437. The highest BCUT2D eigenvalue weighted by molar-refractivity contribution is 5.80. The lowest BCUT2D eigenvalue weighted by Crippen LogP contribution is -2.37. The van der Waals surface area contributed by atoms with E-state index in [1.807, 2.05) is 24.3 Å². The highest BCUT2D eigenvalue weighted by Gasteiger charge is 2.14. The van der Waals surface area contributed by atoms with Gasteiger partial charge < -0.3 is 20.1 Å². The quantitative estimate of drug-likeness (QED) is 0.683. The van der Waals surface area contributed by atoms with Crippen molar-refractivity contribution in [2.45, 2.75) is 32.9 Å². The Kier molecular flexibility index (Phi) is 7.79. The molecule has 1 aromatic rings. The summed E-state index contributed by atoms with van der Waals surface area (Å²) in [5.74, 6) is 0.559. The molecule has 0 aliphatic carbocycles. The molecule has 118 valence electrons. The maximum Gasteiger partial charge on any atom is 0.260 e. The maximum absolute atomic E-state index is 11.8. The second kappa shape index (κ2) is 9.37. The summed E-state index contributed by atoms with van der Waals surface area (Å²) in [5, 5.41) is 6.11. The molecule has 0 aromatic heterocycles. The van der Waals surface area contributed by atoms with Crippen LogP contribution in [0.15, 0.2) is 24.3 Å². The highest BCUT2D eigenvalue weighted by atomic mass is 16.5. The molecular formula is C16H26N2O3. The number of nitrogens with one attached hydrogen (secondary N) is 2. The summed E-state index contributed by atoms with van der Waals surface area (Å²) in [6.07, 6.45) is -0.536. The second-order valence-corrected chi connectivity index (χ2v) is 4.90. The van der Waals surface area contributed by atoms with E-state index in [4.69, 9.17) is 9.47 Å². The van der Waals surface area contributed by atoms with Crippen LogP contribution in [0.1, 0.15) is 32.4 Å². The monoisotopic (exact) mass is 294 g/mol. The van der Waals surface area contributed by atoms with Crippen molar-refractivity contribution in [2.75, 3.05) is 26.8 Å². The van der Waals surface area contributed by atoms with Crippen molar-refractivity contribution in [1.29, 1.82) is 0 Å². The average Bonchev–Trinajstić information content (AvgIpc) is 2.48. The number of methoxy groups -OCH3 is 1. The number of amides is 1. The zero-order chi connectivity index (χ0) is 15.7. The van der Waals surface area contributed by atoms with Gasteiger partial charge in [0.15, 0.2) is 6.10 Å². The van der Waals surface area contributed by atoms with Gasteiger partial charge in [-0.1, -0.05) is 19.1 Å². The van der Waals surface area contributed by atoms with Crippen molar-refractivity contribution < 1.29 is 14.3 Å². The van der Waals surface area contributed by atoms with Gasteiger partial charge in [-0.15, -0.1) is 0 Å². The molecule has 1 amide bonds. The Morgan fingerprint density at radius 1 is 1.33 bits per heavy atom. The molecule has 0 heterocycles. The zero-order valence-corrected chi connectivity index (χ0v) is 13.3. The summed E-state index contributed by atoms with van der Waals surface area (Å²) in [6, 6.07) is 8.06. The van der Waals surface area contributed by atoms with Gasteiger partial charge in [-0.05, 0) is 38.1 Å². The van der Waals surface area contributed by atoms with Crippen molar-refractivity contribution in [3.05, 3.63) is 29.8 Å². The van der Waals surface area contributed by atoms with Gasteiger partial charge in [-0.2, -0.15) is 0 Å². The van der Waals surface area contributed by atoms with Gasteiger partial charge in [-0.3, -0.25) is 4.79 Å². The van der Waals surface area contributed by atoms with Crippen LogP contribution in [0.3, 0.4) is 0 Å². The summed E-state index contributed by atoms with van der Waals surface area (Å²) in [6.45, 7) is 7.80. The van der Waals surface area contributed by atoms with Gasteiger partial charge in [0.1, 0.15) is 5.75 Å². The van der Waals surface area contributed by atoms with Crippen LogP contribution in [0.2, 0.25) is 0 Å². The van der Waals surface area contributed by atoms with Crippen LogP contribution in [-0.4, -0.2) is 38.8 Å². The molecule has 2 N–H and O–H groups in total. The van der Waals surface area contributed by atoms with Crippen molar-refractivity contribution in [3.63, 3.8) is 0 Å². The molecule has 0 bridgehead atoms. The Hall–Kier alpha value is -1.59. The van der Waals surface area contributed by atoms with E-state index >= 15 is 0 Å². The van der Waals surface area contributed by atoms with Crippen LogP contribution in [0.4, 0.5) is 0 Å². The summed E-state index contributed by atoms with van der Waals surface area (Å²) >= 11 is 0. The van der Waals surface area contributed by atoms with Gasteiger partial charge in [-0.25, -0.2) is 0 Å².